The van der Waals surface area contributed by atoms with Crippen LogP contribution in [0.4, 0.5) is 0 Å². The molecule has 4 heteroatoms. The highest BCUT2D eigenvalue weighted by molar-refractivity contribution is 6.13. The lowest BCUT2D eigenvalue weighted by atomic mass is 9.99. The smallest absolute Gasteiger partial charge is 0.339 e. The number of hydrogen-bond acceptors (Lipinski definition) is 4. The second-order valence-corrected chi connectivity index (χ2v) is 5.62. The number of carbonyl (C=O) groups excluding carboxylic acids is 2. The standard InChI is InChI=1S/C18H20O4/c1-11(2)21-17(19)14-9-5-7-13-8-6-10-15(16(13)14)18(20)22-12(3)4/h5-12H,1-4H3. The molecular formula is C18H20O4. The summed E-state index contributed by atoms with van der Waals surface area (Å²) in [6, 6.07) is 10.6. The van der Waals surface area contributed by atoms with Gasteiger partial charge in [-0.25, -0.2) is 9.59 Å². The molecule has 0 N–H and O–H groups in total. The van der Waals surface area contributed by atoms with E-state index in [1.165, 1.54) is 0 Å². The molecule has 0 aromatic heterocycles. The lowest BCUT2D eigenvalue weighted by Gasteiger charge is -2.14. The average Bonchev–Trinajstić information content (AvgIpc) is 2.44. The highest BCUT2D eigenvalue weighted by Gasteiger charge is 2.20. The Kier molecular flexibility index (Phi) is 4.81. The van der Waals surface area contributed by atoms with Gasteiger partial charge in [-0.15, -0.1) is 0 Å². The zero-order valence-corrected chi connectivity index (χ0v) is 13.3. The molecule has 0 bridgehead atoms. The van der Waals surface area contributed by atoms with Crippen LogP contribution < -0.4 is 0 Å². The van der Waals surface area contributed by atoms with Crippen molar-refractivity contribution < 1.29 is 19.1 Å². The summed E-state index contributed by atoms with van der Waals surface area (Å²) in [5, 5.41) is 1.37. The molecule has 0 aliphatic heterocycles. The molecule has 0 heterocycles. The minimum atomic E-state index is -0.439. The monoisotopic (exact) mass is 300 g/mol. The van der Waals surface area contributed by atoms with Gasteiger partial charge in [0, 0.05) is 5.39 Å². The van der Waals surface area contributed by atoms with Gasteiger partial charge in [0.2, 0.25) is 0 Å². The third-order valence-corrected chi connectivity index (χ3v) is 3.03. The molecule has 0 saturated carbocycles. The van der Waals surface area contributed by atoms with Gasteiger partial charge in [0.05, 0.1) is 23.3 Å². The first-order valence-corrected chi connectivity index (χ1v) is 7.34. The van der Waals surface area contributed by atoms with Crippen molar-refractivity contribution in [3.05, 3.63) is 47.5 Å². The SMILES string of the molecule is CC(C)OC(=O)c1cccc2cccc(C(=O)OC(C)C)c12. The molecule has 2 rings (SSSR count). The highest BCUT2D eigenvalue weighted by atomic mass is 16.5. The van der Waals surface area contributed by atoms with Crippen molar-refractivity contribution in [1.82, 2.24) is 0 Å². The zero-order chi connectivity index (χ0) is 16.3. The number of benzene rings is 2. The Bertz CT molecular complexity index is 645. The second kappa shape index (κ2) is 6.60. The molecule has 2 aromatic carbocycles. The molecule has 2 aromatic rings. The van der Waals surface area contributed by atoms with Gasteiger partial charge in [-0.2, -0.15) is 0 Å². The van der Waals surface area contributed by atoms with Gasteiger partial charge in [0.1, 0.15) is 0 Å². The third-order valence-electron chi connectivity index (χ3n) is 3.03. The van der Waals surface area contributed by atoms with Crippen molar-refractivity contribution in [2.45, 2.75) is 39.9 Å². The number of fused-ring (bicyclic) bond motifs is 1. The van der Waals surface area contributed by atoms with Crippen molar-refractivity contribution >= 4 is 22.7 Å². The van der Waals surface area contributed by atoms with Gasteiger partial charge < -0.3 is 9.47 Å². The minimum absolute atomic E-state index is 0.225. The van der Waals surface area contributed by atoms with Crippen LogP contribution in [0.15, 0.2) is 36.4 Å². The maximum absolute atomic E-state index is 12.3. The van der Waals surface area contributed by atoms with Crippen LogP contribution in [-0.2, 0) is 9.47 Å². The second-order valence-electron chi connectivity index (χ2n) is 5.62. The summed E-state index contributed by atoms with van der Waals surface area (Å²) in [6.45, 7) is 7.15. The van der Waals surface area contributed by atoms with Gasteiger partial charge in [-0.3, -0.25) is 0 Å². The Morgan fingerprint density at radius 1 is 0.773 bits per heavy atom. The average molecular weight is 300 g/mol. The Morgan fingerprint density at radius 2 is 1.18 bits per heavy atom. The molecule has 0 atom stereocenters. The summed E-state index contributed by atoms with van der Waals surface area (Å²) < 4.78 is 10.5. The Hall–Kier alpha value is -2.36. The van der Waals surface area contributed by atoms with E-state index in [0.29, 0.717) is 16.5 Å². The quantitative estimate of drug-likeness (QED) is 0.802. The van der Waals surface area contributed by atoms with E-state index in [1.54, 1.807) is 52.0 Å². The first kappa shape index (κ1) is 16.0. The van der Waals surface area contributed by atoms with Crippen LogP contribution >= 0.6 is 0 Å². The Labute approximate surface area is 130 Å². The molecule has 0 unspecified atom stereocenters. The fourth-order valence-electron chi connectivity index (χ4n) is 2.24. The molecule has 0 radical (unpaired) electrons. The van der Waals surface area contributed by atoms with Crippen LogP contribution in [0.3, 0.4) is 0 Å². The largest absolute Gasteiger partial charge is 0.459 e. The summed E-state index contributed by atoms with van der Waals surface area (Å²) in [4.78, 5) is 24.6. The van der Waals surface area contributed by atoms with Gasteiger partial charge in [0.15, 0.2) is 0 Å². The number of esters is 2. The number of carbonyl (C=O) groups is 2. The van der Waals surface area contributed by atoms with Crippen molar-refractivity contribution in [3.8, 4) is 0 Å². The molecule has 0 spiro atoms. The molecular weight excluding hydrogens is 280 g/mol. The van der Waals surface area contributed by atoms with Crippen LogP contribution in [0, 0.1) is 0 Å². The van der Waals surface area contributed by atoms with E-state index >= 15 is 0 Å². The molecule has 0 amide bonds. The molecule has 0 aliphatic carbocycles. The Balaban J connectivity index is 2.58. The molecule has 0 aliphatic rings. The Morgan fingerprint density at radius 3 is 1.55 bits per heavy atom. The molecule has 4 nitrogen and oxygen atoms in total. The lowest BCUT2D eigenvalue weighted by molar-refractivity contribution is 0.0377. The predicted octanol–water partition coefficient (Wildman–Crippen LogP) is 3.97. The third kappa shape index (κ3) is 3.45. The normalized spacial score (nSPS) is 11.0. The predicted molar refractivity (Wildman–Crippen MR) is 85.1 cm³/mol. The van der Waals surface area contributed by atoms with Gasteiger partial charge >= 0.3 is 11.9 Å². The number of ether oxygens (including phenoxy) is 2. The molecule has 0 saturated heterocycles. The summed E-state index contributed by atoms with van der Waals surface area (Å²) in [5.41, 5.74) is 0.755. The topological polar surface area (TPSA) is 52.6 Å². The number of rotatable bonds is 4. The minimum Gasteiger partial charge on any atom is -0.459 e. The van der Waals surface area contributed by atoms with E-state index in [-0.39, 0.29) is 12.2 Å². The lowest BCUT2D eigenvalue weighted by Crippen LogP contribution is -2.15. The van der Waals surface area contributed by atoms with Gasteiger partial charge in [0.25, 0.3) is 0 Å². The summed E-state index contributed by atoms with van der Waals surface area (Å²) in [5.74, 6) is -0.879. The zero-order valence-electron chi connectivity index (χ0n) is 13.3. The first-order chi connectivity index (χ1) is 10.4. The van der Waals surface area contributed by atoms with Crippen molar-refractivity contribution in [3.63, 3.8) is 0 Å². The van der Waals surface area contributed by atoms with Crippen molar-refractivity contribution in [1.29, 1.82) is 0 Å². The van der Waals surface area contributed by atoms with Crippen LogP contribution in [0.5, 0.6) is 0 Å². The van der Waals surface area contributed by atoms with E-state index in [1.807, 2.05) is 12.1 Å². The molecule has 116 valence electrons. The van der Waals surface area contributed by atoms with Crippen molar-refractivity contribution in [2.75, 3.05) is 0 Å². The maximum Gasteiger partial charge on any atom is 0.339 e. The molecule has 22 heavy (non-hydrogen) atoms. The van der Waals surface area contributed by atoms with Crippen molar-refractivity contribution in [2.24, 2.45) is 0 Å². The van der Waals surface area contributed by atoms with Crippen LogP contribution in [0.25, 0.3) is 10.8 Å². The van der Waals surface area contributed by atoms with Crippen LogP contribution in [0.2, 0.25) is 0 Å². The van der Waals surface area contributed by atoms with E-state index in [0.717, 1.165) is 5.39 Å². The fourth-order valence-corrected chi connectivity index (χ4v) is 2.24. The summed E-state index contributed by atoms with van der Waals surface area (Å²) in [7, 11) is 0. The van der Waals surface area contributed by atoms with E-state index < -0.39 is 11.9 Å². The summed E-state index contributed by atoms with van der Waals surface area (Å²) in [6.07, 6.45) is -0.449. The van der Waals surface area contributed by atoms with Gasteiger partial charge in [-0.1, -0.05) is 24.3 Å². The van der Waals surface area contributed by atoms with E-state index in [4.69, 9.17) is 9.47 Å². The first-order valence-electron chi connectivity index (χ1n) is 7.34. The number of hydrogen-bond donors (Lipinski definition) is 0. The maximum atomic E-state index is 12.3. The van der Waals surface area contributed by atoms with Crippen LogP contribution in [-0.4, -0.2) is 24.1 Å². The van der Waals surface area contributed by atoms with E-state index in [9.17, 15) is 9.59 Å². The summed E-state index contributed by atoms with van der Waals surface area (Å²) >= 11 is 0. The molecule has 0 fully saturated rings. The van der Waals surface area contributed by atoms with E-state index in [2.05, 4.69) is 0 Å². The van der Waals surface area contributed by atoms with Crippen LogP contribution in [0.1, 0.15) is 48.4 Å². The highest BCUT2D eigenvalue weighted by Crippen LogP contribution is 2.25. The van der Waals surface area contributed by atoms with Gasteiger partial charge in [-0.05, 0) is 45.2 Å². The fraction of sp³-hybridized carbons (Fsp3) is 0.333.